The van der Waals surface area contributed by atoms with Crippen LogP contribution in [0.4, 0.5) is 0 Å². The van der Waals surface area contributed by atoms with Crippen LogP contribution in [-0.2, 0) is 4.79 Å². The first-order valence-corrected chi connectivity index (χ1v) is 3.86. The maximum Gasteiger partial charge on any atom is 0.236 e. The number of primary amides is 1. The van der Waals surface area contributed by atoms with Crippen LogP contribution in [0.25, 0.3) is 0 Å². The minimum Gasteiger partial charge on any atom is -0.368 e. The van der Waals surface area contributed by atoms with Crippen molar-refractivity contribution in [3.63, 3.8) is 0 Å². The lowest BCUT2D eigenvalue weighted by Crippen LogP contribution is -2.21. The van der Waals surface area contributed by atoms with E-state index in [4.69, 9.17) is 5.73 Å². The molecule has 0 aliphatic carbocycles. The molecule has 2 heterocycles. The fraction of sp³-hybridized carbons (Fsp3) is 0.857. The molecule has 2 aliphatic heterocycles. The summed E-state index contributed by atoms with van der Waals surface area (Å²) in [6, 6.07) is 0.619. The highest BCUT2D eigenvalue weighted by Crippen LogP contribution is 2.36. The van der Waals surface area contributed by atoms with Crippen LogP contribution in [0.15, 0.2) is 0 Å². The minimum atomic E-state index is -0.132. The van der Waals surface area contributed by atoms with Gasteiger partial charge < -0.3 is 5.73 Å². The van der Waals surface area contributed by atoms with Gasteiger partial charge in [0.1, 0.15) is 6.04 Å². The number of carbonyl (C=O) groups is 1. The van der Waals surface area contributed by atoms with Gasteiger partial charge in [-0.15, -0.1) is 0 Å². The summed E-state index contributed by atoms with van der Waals surface area (Å²) in [5, 5.41) is 0. The van der Waals surface area contributed by atoms with Gasteiger partial charge in [-0.05, 0) is 19.4 Å². The van der Waals surface area contributed by atoms with Crippen molar-refractivity contribution < 1.29 is 4.79 Å². The van der Waals surface area contributed by atoms with Crippen molar-refractivity contribution in [1.82, 2.24) is 4.90 Å². The third kappa shape index (κ3) is 0.736. The van der Waals surface area contributed by atoms with Gasteiger partial charge in [-0.2, -0.15) is 0 Å². The molecule has 0 bridgehead atoms. The lowest BCUT2D eigenvalue weighted by atomic mass is 10.1. The summed E-state index contributed by atoms with van der Waals surface area (Å²) in [5.41, 5.74) is 5.18. The standard InChI is InChI=1S/C7H12N2O/c8-7(10)6-5-3-1-2-4-9(5)6/h5-6H,1-4H2,(H2,8,10). The van der Waals surface area contributed by atoms with Crippen LogP contribution in [-0.4, -0.2) is 29.4 Å². The van der Waals surface area contributed by atoms with Crippen molar-refractivity contribution in [1.29, 1.82) is 0 Å². The number of nitrogens with zero attached hydrogens (tertiary/aromatic N) is 1. The van der Waals surface area contributed by atoms with Crippen LogP contribution >= 0.6 is 0 Å². The van der Waals surface area contributed by atoms with Crippen LogP contribution in [0.5, 0.6) is 0 Å². The Balaban J connectivity index is 1.99. The molecular weight excluding hydrogens is 128 g/mol. The van der Waals surface area contributed by atoms with Gasteiger partial charge in [0.15, 0.2) is 0 Å². The zero-order valence-corrected chi connectivity index (χ0v) is 5.92. The fourth-order valence-corrected chi connectivity index (χ4v) is 1.96. The molecule has 3 unspecified atom stereocenters. The number of rotatable bonds is 1. The number of hydrogen-bond donors (Lipinski definition) is 1. The molecule has 56 valence electrons. The Hall–Kier alpha value is -0.570. The van der Waals surface area contributed by atoms with E-state index in [2.05, 4.69) is 4.90 Å². The highest BCUT2D eigenvalue weighted by atomic mass is 16.1. The van der Waals surface area contributed by atoms with E-state index >= 15 is 0 Å². The molecular formula is C7H12N2O. The fourth-order valence-electron chi connectivity index (χ4n) is 1.96. The Labute approximate surface area is 60.2 Å². The van der Waals surface area contributed by atoms with E-state index in [1.54, 1.807) is 0 Å². The third-order valence-electron chi connectivity index (χ3n) is 2.52. The highest BCUT2D eigenvalue weighted by molar-refractivity contribution is 5.84. The SMILES string of the molecule is NC(=O)C1C2CCCCN21. The number of amides is 1. The number of piperidine rings is 1. The summed E-state index contributed by atoms with van der Waals surface area (Å²) < 4.78 is 0. The van der Waals surface area contributed by atoms with Crippen molar-refractivity contribution in [3.05, 3.63) is 0 Å². The van der Waals surface area contributed by atoms with E-state index in [0.717, 1.165) is 6.54 Å². The van der Waals surface area contributed by atoms with Gasteiger partial charge in [0, 0.05) is 6.04 Å². The molecule has 3 atom stereocenters. The molecule has 0 radical (unpaired) electrons. The van der Waals surface area contributed by atoms with E-state index in [0.29, 0.717) is 6.04 Å². The quantitative estimate of drug-likeness (QED) is 0.509. The van der Waals surface area contributed by atoms with Crippen molar-refractivity contribution in [2.45, 2.75) is 31.3 Å². The summed E-state index contributed by atoms with van der Waals surface area (Å²) >= 11 is 0. The molecule has 0 aromatic carbocycles. The molecule has 2 aliphatic rings. The van der Waals surface area contributed by atoms with Crippen LogP contribution in [0.2, 0.25) is 0 Å². The highest BCUT2D eigenvalue weighted by Gasteiger charge is 2.51. The molecule has 2 saturated heterocycles. The molecule has 0 saturated carbocycles. The third-order valence-corrected chi connectivity index (χ3v) is 2.52. The van der Waals surface area contributed by atoms with Crippen molar-refractivity contribution >= 4 is 5.91 Å². The van der Waals surface area contributed by atoms with Gasteiger partial charge in [-0.1, -0.05) is 6.42 Å². The van der Waals surface area contributed by atoms with Crippen LogP contribution in [0.3, 0.4) is 0 Å². The zero-order chi connectivity index (χ0) is 7.14. The molecule has 10 heavy (non-hydrogen) atoms. The molecule has 0 aromatic heterocycles. The first-order valence-electron chi connectivity index (χ1n) is 3.86. The summed E-state index contributed by atoms with van der Waals surface area (Å²) in [7, 11) is 0. The number of carbonyl (C=O) groups excluding carboxylic acids is 1. The number of hydrogen-bond acceptors (Lipinski definition) is 2. The predicted octanol–water partition coefficient (Wildman–Crippen LogP) is -0.292. The molecule has 0 spiro atoms. The molecule has 3 heteroatoms. The first-order chi connectivity index (χ1) is 4.80. The van der Waals surface area contributed by atoms with Crippen LogP contribution in [0.1, 0.15) is 19.3 Å². The second kappa shape index (κ2) is 1.95. The Morgan fingerprint density at radius 2 is 2.30 bits per heavy atom. The number of nitrogens with two attached hydrogens (primary N) is 1. The normalized spacial score (nSPS) is 44.2. The van der Waals surface area contributed by atoms with Crippen molar-refractivity contribution in [3.8, 4) is 0 Å². The van der Waals surface area contributed by atoms with E-state index < -0.39 is 0 Å². The van der Waals surface area contributed by atoms with E-state index in [1.165, 1.54) is 19.3 Å². The topological polar surface area (TPSA) is 46.1 Å². The van der Waals surface area contributed by atoms with Crippen LogP contribution < -0.4 is 5.73 Å². The summed E-state index contributed by atoms with van der Waals surface area (Å²) in [4.78, 5) is 12.9. The van der Waals surface area contributed by atoms with Gasteiger partial charge in [0.2, 0.25) is 5.91 Å². The monoisotopic (exact) mass is 140 g/mol. The second-order valence-corrected chi connectivity index (χ2v) is 3.15. The average Bonchev–Trinajstić information content (AvgIpc) is 2.60. The van der Waals surface area contributed by atoms with E-state index in [1.807, 2.05) is 0 Å². The lowest BCUT2D eigenvalue weighted by Gasteiger charge is -2.07. The summed E-state index contributed by atoms with van der Waals surface area (Å²) in [5.74, 6) is -0.132. The van der Waals surface area contributed by atoms with Gasteiger partial charge in [-0.3, -0.25) is 9.69 Å². The van der Waals surface area contributed by atoms with Gasteiger partial charge in [0.05, 0.1) is 0 Å². The second-order valence-electron chi connectivity index (χ2n) is 3.15. The van der Waals surface area contributed by atoms with Gasteiger partial charge >= 0.3 is 0 Å². The summed E-state index contributed by atoms with van der Waals surface area (Å²) in [6.07, 6.45) is 3.68. The molecule has 2 rings (SSSR count). The van der Waals surface area contributed by atoms with E-state index in [-0.39, 0.29) is 11.9 Å². The average molecular weight is 140 g/mol. The molecule has 2 fully saturated rings. The van der Waals surface area contributed by atoms with Gasteiger partial charge in [0.25, 0.3) is 0 Å². The molecule has 3 nitrogen and oxygen atoms in total. The van der Waals surface area contributed by atoms with E-state index in [9.17, 15) is 4.79 Å². The Kier molecular flexibility index (Phi) is 1.20. The Morgan fingerprint density at radius 1 is 1.50 bits per heavy atom. The smallest absolute Gasteiger partial charge is 0.236 e. The molecule has 0 aromatic rings. The molecule has 1 amide bonds. The number of fused-ring (bicyclic) bond motifs is 1. The van der Waals surface area contributed by atoms with Gasteiger partial charge in [-0.25, -0.2) is 0 Å². The predicted molar refractivity (Wildman–Crippen MR) is 37.3 cm³/mol. The Bertz CT molecular complexity index is 157. The first kappa shape index (κ1) is 6.16. The van der Waals surface area contributed by atoms with Crippen LogP contribution in [0, 0.1) is 0 Å². The Morgan fingerprint density at radius 3 is 2.80 bits per heavy atom. The largest absolute Gasteiger partial charge is 0.368 e. The molecule has 2 N–H and O–H groups in total. The van der Waals surface area contributed by atoms with Crippen molar-refractivity contribution in [2.24, 2.45) is 5.73 Å². The zero-order valence-electron chi connectivity index (χ0n) is 5.92. The maximum atomic E-state index is 10.7. The summed E-state index contributed by atoms with van der Waals surface area (Å²) in [6.45, 7) is 1.08. The van der Waals surface area contributed by atoms with Crippen molar-refractivity contribution in [2.75, 3.05) is 6.54 Å². The maximum absolute atomic E-state index is 10.7. The lowest BCUT2D eigenvalue weighted by molar-refractivity contribution is -0.118. The minimum absolute atomic E-state index is 0.0995.